The fraction of sp³-hybridized carbons (Fsp3) is 0.312. The number of alkyl halides is 1. The number of para-hydroxylation sites is 2. The highest BCUT2D eigenvalue weighted by Gasteiger charge is 2.23. The lowest BCUT2D eigenvalue weighted by molar-refractivity contribution is 0.444. The molecule has 2 aromatic heterocycles. The van der Waals surface area contributed by atoms with Gasteiger partial charge in [-0.3, -0.25) is 0 Å². The molecular formula is C16H17ClN2S. The van der Waals surface area contributed by atoms with E-state index in [2.05, 4.69) is 53.0 Å². The molecule has 0 aliphatic heterocycles. The highest BCUT2D eigenvalue weighted by molar-refractivity contribution is 7.10. The van der Waals surface area contributed by atoms with Gasteiger partial charge in [0.1, 0.15) is 5.82 Å². The maximum Gasteiger partial charge on any atom is 0.125 e. The van der Waals surface area contributed by atoms with Crippen LogP contribution >= 0.6 is 22.9 Å². The van der Waals surface area contributed by atoms with Crippen molar-refractivity contribution in [1.29, 1.82) is 0 Å². The molecular weight excluding hydrogens is 288 g/mol. The number of thiophene rings is 1. The maximum atomic E-state index is 6.13. The van der Waals surface area contributed by atoms with E-state index < -0.39 is 0 Å². The summed E-state index contributed by atoms with van der Waals surface area (Å²) in [6.07, 6.45) is 0. The number of hydrogen-bond donors (Lipinski definition) is 0. The second kappa shape index (κ2) is 5.58. The summed E-state index contributed by atoms with van der Waals surface area (Å²) in [5.41, 5.74) is 2.18. The summed E-state index contributed by atoms with van der Waals surface area (Å²) in [5, 5.41) is 2.13. The third-order valence-electron chi connectivity index (χ3n) is 3.53. The van der Waals surface area contributed by atoms with Crippen LogP contribution in [0.5, 0.6) is 0 Å². The largest absolute Gasteiger partial charge is 0.318 e. The quantitative estimate of drug-likeness (QED) is 0.614. The molecule has 0 amide bonds. The number of hydrogen-bond acceptors (Lipinski definition) is 2. The van der Waals surface area contributed by atoms with Crippen LogP contribution < -0.4 is 0 Å². The Morgan fingerprint density at radius 2 is 2.00 bits per heavy atom. The van der Waals surface area contributed by atoms with Gasteiger partial charge in [-0.1, -0.05) is 32.0 Å². The average molecular weight is 305 g/mol. The second-order valence-corrected chi connectivity index (χ2v) is 6.47. The monoisotopic (exact) mass is 304 g/mol. The zero-order valence-electron chi connectivity index (χ0n) is 11.6. The molecule has 104 valence electrons. The first kappa shape index (κ1) is 13.7. The molecule has 1 unspecified atom stereocenters. The van der Waals surface area contributed by atoms with Crippen LogP contribution in [0.25, 0.3) is 11.0 Å². The molecule has 3 rings (SSSR count). The van der Waals surface area contributed by atoms with Crippen molar-refractivity contribution in [2.24, 2.45) is 5.92 Å². The Balaban J connectivity index is 2.25. The number of halogens is 1. The minimum absolute atomic E-state index is 0.288. The van der Waals surface area contributed by atoms with E-state index >= 15 is 0 Å². The van der Waals surface area contributed by atoms with Crippen LogP contribution in [0, 0.1) is 5.92 Å². The van der Waals surface area contributed by atoms with Gasteiger partial charge in [0.2, 0.25) is 0 Å². The summed E-state index contributed by atoms with van der Waals surface area (Å²) in [6, 6.07) is 12.8. The standard InChI is InChI=1S/C16H17ClN2S/c1-11(2)16(14-8-5-9-20-14)19-13-7-4-3-6-12(13)18-15(19)10-17/h3-9,11,16H,10H2,1-2H3. The van der Waals surface area contributed by atoms with Gasteiger partial charge in [-0.2, -0.15) is 0 Å². The molecule has 3 aromatic rings. The molecule has 20 heavy (non-hydrogen) atoms. The third kappa shape index (κ3) is 2.25. The number of aromatic nitrogens is 2. The summed E-state index contributed by atoms with van der Waals surface area (Å²) in [5.74, 6) is 1.86. The van der Waals surface area contributed by atoms with Gasteiger partial charge in [0.25, 0.3) is 0 Å². The lowest BCUT2D eigenvalue weighted by Crippen LogP contribution is -2.17. The topological polar surface area (TPSA) is 17.8 Å². The summed E-state index contributed by atoms with van der Waals surface area (Å²) >= 11 is 7.93. The highest BCUT2D eigenvalue weighted by Crippen LogP contribution is 2.34. The van der Waals surface area contributed by atoms with Gasteiger partial charge < -0.3 is 4.57 Å². The molecule has 0 spiro atoms. The number of imidazole rings is 1. The van der Waals surface area contributed by atoms with Crippen molar-refractivity contribution in [1.82, 2.24) is 9.55 Å². The zero-order valence-corrected chi connectivity index (χ0v) is 13.2. The Morgan fingerprint density at radius 3 is 2.65 bits per heavy atom. The molecule has 0 aliphatic carbocycles. The van der Waals surface area contributed by atoms with Gasteiger partial charge >= 0.3 is 0 Å². The molecule has 2 nitrogen and oxygen atoms in total. The van der Waals surface area contributed by atoms with Crippen LogP contribution in [0.2, 0.25) is 0 Å². The van der Waals surface area contributed by atoms with Gasteiger partial charge in [-0.25, -0.2) is 4.98 Å². The van der Waals surface area contributed by atoms with Crippen LogP contribution in [-0.2, 0) is 5.88 Å². The lowest BCUT2D eigenvalue weighted by atomic mass is 10.0. The minimum atomic E-state index is 0.288. The first-order chi connectivity index (χ1) is 9.72. The van der Waals surface area contributed by atoms with E-state index in [-0.39, 0.29) is 6.04 Å². The Bertz CT molecular complexity index is 700. The average Bonchev–Trinajstić information content (AvgIpc) is 3.07. The molecule has 0 saturated carbocycles. The highest BCUT2D eigenvalue weighted by atomic mass is 35.5. The van der Waals surface area contributed by atoms with E-state index in [4.69, 9.17) is 11.6 Å². The molecule has 0 fully saturated rings. The van der Waals surface area contributed by atoms with E-state index in [9.17, 15) is 0 Å². The van der Waals surface area contributed by atoms with E-state index in [1.165, 1.54) is 4.88 Å². The van der Waals surface area contributed by atoms with Gasteiger partial charge in [-0.15, -0.1) is 22.9 Å². The zero-order chi connectivity index (χ0) is 14.1. The number of rotatable bonds is 4. The Hall–Kier alpha value is -1.32. The molecule has 0 aliphatic rings. The molecule has 0 N–H and O–H groups in total. The van der Waals surface area contributed by atoms with Crippen molar-refractivity contribution >= 4 is 34.0 Å². The smallest absolute Gasteiger partial charge is 0.125 e. The van der Waals surface area contributed by atoms with Gasteiger partial charge in [-0.05, 0) is 29.5 Å². The van der Waals surface area contributed by atoms with E-state index in [0.717, 1.165) is 16.9 Å². The Morgan fingerprint density at radius 1 is 1.20 bits per heavy atom. The predicted molar refractivity (Wildman–Crippen MR) is 86.6 cm³/mol. The summed E-state index contributed by atoms with van der Waals surface area (Å²) in [7, 11) is 0. The van der Waals surface area contributed by atoms with Crippen LogP contribution in [0.4, 0.5) is 0 Å². The summed E-state index contributed by atoms with van der Waals surface area (Å²) < 4.78 is 2.30. The van der Waals surface area contributed by atoms with Crippen molar-refractivity contribution in [3.63, 3.8) is 0 Å². The number of nitrogens with zero attached hydrogens (tertiary/aromatic N) is 2. The van der Waals surface area contributed by atoms with Gasteiger partial charge in [0.15, 0.2) is 0 Å². The van der Waals surface area contributed by atoms with E-state index in [0.29, 0.717) is 11.8 Å². The van der Waals surface area contributed by atoms with E-state index in [1.807, 2.05) is 12.1 Å². The Kier molecular flexibility index (Phi) is 3.81. The molecule has 1 aromatic carbocycles. The van der Waals surface area contributed by atoms with Gasteiger partial charge in [0.05, 0.1) is 23.0 Å². The SMILES string of the molecule is CC(C)C(c1cccs1)n1c(CCl)nc2ccccc21. The van der Waals surface area contributed by atoms with Gasteiger partial charge in [0, 0.05) is 4.88 Å². The first-order valence-corrected chi connectivity index (χ1v) is 8.19. The number of benzene rings is 1. The molecule has 2 heterocycles. The van der Waals surface area contributed by atoms with Crippen LogP contribution in [-0.4, -0.2) is 9.55 Å². The summed E-state index contributed by atoms with van der Waals surface area (Å²) in [6.45, 7) is 4.49. The lowest BCUT2D eigenvalue weighted by Gasteiger charge is -2.24. The predicted octanol–water partition coefficient (Wildman–Crippen LogP) is 5.08. The maximum absolute atomic E-state index is 6.13. The molecule has 0 bridgehead atoms. The van der Waals surface area contributed by atoms with Crippen LogP contribution in [0.3, 0.4) is 0 Å². The minimum Gasteiger partial charge on any atom is -0.318 e. The van der Waals surface area contributed by atoms with Crippen molar-refractivity contribution in [3.8, 4) is 0 Å². The van der Waals surface area contributed by atoms with Crippen LogP contribution in [0.15, 0.2) is 41.8 Å². The first-order valence-electron chi connectivity index (χ1n) is 6.77. The van der Waals surface area contributed by atoms with Crippen molar-refractivity contribution in [2.45, 2.75) is 25.8 Å². The van der Waals surface area contributed by atoms with E-state index in [1.54, 1.807) is 11.3 Å². The summed E-state index contributed by atoms with van der Waals surface area (Å²) in [4.78, 5) is 6.04. The van der Waals surface area contributed by atoms with Crippen LogP contribution in [0.1, 0.15) is 30.6 Å². The van der Waals surface area contributed by atoms with Crippen molar-refractivity contribution < 1.29 is 0 Å². The third-order valence-corrected chi connectivity index (χ3v) is 4.71. The molecule has 0 saturated heterocycles. The Labute approximate surface area is 128 Å². The molecule has 4 heteroatoms. The van der Waals surface area contributed by atoms with Crippen molar-refractivity contribution in [2.75, 3.05) is 0 Å². The van der Waals surface area contributed by atoms with Crippen molar-refractivity contribution in [3.05, 3.63) is 52.5 Å². The fourth-order valence-corrected chi connectivity index (χ4v) is 3.89. The normalized spacial score (nSPS) is 13.2. The number of fused-ring (bicyclic) bond motifs is 1. The molecule has 0 radical (unpaired) electrons. The molecule has 1 atom stereocenters. The second-order valence-electron chi connectivity index (χ2n) is 5.22. The fourth-order valence-electron chi connectivity index (χ4n) is 2.71.